The van der Waals surface area contributed by atoms with E-state index in [-0.39, 0.29) is 11.9 Å². The maximum Gasteiger partial charge on any atom is 0.490 e. The largest absolute Gasteiger partial charge is 0.490 e. The SMILES string of the molecule is O=C(O)C(F)(F)F.O=C(OCc1ccccc1)[C@@H]1CCNC1. The Kier molecular flexibility index (Phi) is 6.84. The Hall–Kier alpha value is -2.09. The number of esters is 1. The monoisotopic (exact) mass is 319 g/mol. The second-order valence-electron chi connectivity index (χ2n) is 4.59. The molecular weight excluding hydrogens is 303 g/mol. The molecule has 1 atom stereocenters. The summed E-state index contributed by atoms with van der Waals surface area (Å²) in [5.41, 5.74) is 1.04. The average Bonchev–Trinajstić information content (AvgIpc) is 3.00. The van der Waals surface area contributed by atoms with E-state index in [2.05, 4.69) is 5.32 Å². The number of benzene rings is 1. The Labute approximate surface area is 125 Å². The Morgan fingerprint density at radius 3 is 2.32 bits per heavy atom. The summed E-state index contributed by atoms with van der Waals surface area (Å²) < 4.78 is 37.0. The van der Waals surface area contributed by atoms with E-state index in [1.54, 1.807) is 0 Å². The fourth-order valence-electron chi connectivity index (χ4n) is 1.70. The van der Waals surface area contributed by atoms with E-state index in [0.717, 1.165) is 25.1 Å². The van der Waals surface area contributed by atoms with Crippen molar-refractivity contribution < 1.29 is 32.6 Å². The summed E-state index contributed by atoms with van der Waals surface area (Å²) >= 11 is 0. The Balaban J connectivity index is 0.000000295. The number of carboxylic acid groups (broad SMARTS) is 1. The van der Waals surface area contributed by atoms with Crippen LogP contribution in [0.3, 0.4) is 0 Å². The summed E-state index contributed by atoms with van der Waals surface area (Å²) in [6, 6.07) is 9.76. The van der Waals surface area contributed by atoms with Crippen molar-refractivity contribution in [1.82, 2.24) is 5.32 Å². The Morgan fingerprint density at radius 1 is 1.27 bits per heavy atom. The van der Waals surface area contributed by atoms with Gasteiger partial charge in [-0.05, 0) is 18.5 Å². The van der Waals surface area contributed by atoms with Gasteiger partial charge in [0.15, 0.2) is 0 Å². The van der Waals surface area contributed by atoms with Gasteiger partial charge < -0.3 is 15.2 Å². The van der Waals surface area contributed by atoms with Gasteiger partial charge in [0, 0.05) is 6.54 Å². The number of carbonyl (C=O) groups excluding carboxylic acids is 1. The molecule has 1 heterocycles. The van der Waals surface area contributed by atoms with E-state index in [9.17, 15) is 18.0 Å². The number of halogens is 3. The van der Waals surface area contributed by atoms with Crippen LogP contribution >= 0.6 is 0 Å². The molecule has 0 aliphatic carbocycles. The van der Waals surface area contributed by atoms with Gasteiger partial charge in [0.2, 0.25) is 0 Å². The molecule has 0 unspecified atom stereocenters. The molecule has 1 saturated heterocycles. The molecule has 0 bridgehead atoms. The third-order valence-corrected chi connectivity index (χ3v) is 2.86. The van der Waals surface area contributed by atoms with Crippen LogP contribution < -0.4 is 5.32 Å². The van der Waals surface area contributed by atoms with Gasteiger partial charge in [-0.15, -0.1) is 0 Å². The molecule has 122 valence electrons. The zero-order chi connectivity index (χ0) is 16.6. The topological polar surface area (TPSA) is 75.6 Å². The van der Waals surface area contributed by atoms with Crippen LogP contribution in [-0.2, 0) is 20.9 Å². The number of aliphatic carboxylic acids is 1. The summed E-state index contributed by atoms with van der Waals surface area (Å²) in [7, 11) is 0. The molecule has 0 aromatic heterocycles. The summed E-state index contributed by atoms with van der Waals surface area (Å²) in [4.78, 5) is 20.5. The fourth-order valence-corrected chi connectivity index (χ4v) is 1.70. The lowest BCUT2D eigenvalue weighted by atomic mass is 10.1. The maximum atomic E-state index is 11.6. The Bertz CT molecular complexity index is 485. The van der Waals surface area contributed by atoms with E-state index in [0.29, 0.717) is 6.61 Å². The maximum absolute atomic E-state index is 11.6. The highest BCUT2D eigenvalue weighted by Gasteiger charge is 2.38. The lowest BCUT2D eigenvalue weighted by Crippen LogP contribution is -2.21. The molecule has 8 heteroatoms. The summed E-state index contributed by atoms with van der Waals surface area (Å²) in [5.74, 6) is -2.79. The fraction of sp³-hybridized carbons (Fsp3) is 0.429. The van der Waals surface area contributed by atoms with Crippen LogP contribution in [0.15, 0.2) is 30.3 Å². The number of carbonyl (C=O) groups is 2. The molecule has 0 amide bonds. The van der Waals surface area contributed by atoms with Crippen molar-refractivity contribution in [3.8, 4) is 0 Å². The number of nitrogens with one attached hydrogen (secondary N) is 1. The first-order chi connectivity index (χ1) is 10.3. The van der Waals surface area contributed by atoms with Crippen molar-refractivity contribution >= 4 is 11.9 Å². The molecule has 22 heavy (non-hydrogen) atoms. The van der Waals surface area contributed by atoms with Gasteiger partial charge >= 0.3 is 18.1 Å². The standard InChI is InChI=1S/C12H15NO2.C2HF3O2/c14-12(11-6-7-13-8-11)15-9-10-4-2-1-3-5-10;3-2(4,5)1(6)7/h1-5,11,13H,6-9H2;(H,6,7)/t11-;/m1./s1. The summed E-state index contributed by atoms with van der Waals surface area (Å²) in [6.45, 7) is 2.06. The van der Waals surface area contributed by atoms with E-state index < -0.39 is 12.1 Å². The lowest BCUT2D eigenvalue weighted by molar-refractivity contribution is -0.192. The lowest BCUT2D eigenvalue weighted by Gasteiger charge is -2.08. The van der Waals surface area contributed by atoms with Crippen LogP contribution in [0.5, 0.6) is 0 Å². The first kappa shape index (κ1) is 18.0. The highest BCUT2D eigenvalue weighted by Crippen LogP contribution is 2.13. The van der Waals surface area contributed by atoms with Crippen LogP contribution in [0, 0.1) is 5.92 Å². The summed E-state index contributed by atoms with van der Waals surface area (Å²) in [6.07, 6.45) is -4.19. The van der Waals surface area contributed by atoms with Gasteiger partial charge in [-0.3, -0.25) is 4.79 Å². The van der Waals surface area contributed by atoms with Crippen molar-refractivity contribution in [2.75, 3.05) is 13.1 Å². The van der Waals surface area contributed by atoms with E-state index in [1.165, 1.54) is 0 Å². The summed E-state index contributed by atoms with van der Waals surface area (Å²) in [5, 5.41) is 10.3. The molecule has 1 aromatic rings. The van der Waals surface area contributed by atoms with Gasteiger partial charge in [-0.1, -0.05) is 30.3 Å². The van der Waals surface area contributed by atoms with Gasteiger partial charge in [0.25, 0.3) is 0 Å². The molecule has 0 spiro atoms. The molecule has 0 radical (unpaired) electrons. The van der Waals surface area contributed by atoms with Gasteiger partial charge in [-0.25, -0.2) is 4.79 Å². The average molecular weight is 319 g/mol. The second kappa shape index (κ2) is 8.38. The van der Waals surface area contributed by atoms with Crippen LogP contribution in [0.2, 0.25) is 0 Å². The predicted molar refractivity (Wildman–Crippen MR) is 70.9 cm³/mol. The number of hydrogen-bond donors (Lipinski definition) is 2. The molecule has 5 nitrogen and oxygen atoms in total. The van der Waals surface area contributed by atoms with Crippen LogP contribution in [0.25, 0.3) is 0 Å². The van der Waals surface area contributed by atoms with Crippen LogP contribution in [0.4, 0.5) is 13.2 Å². The van der Waals surface area contributed by atoms with Crippen molar-refractivity contribution in [3.63, 3.8) is 0 Å². The minimum Gasteiger partial charge on any atom is -0.475 e. The molecule has 2 rings (SSSR count). The second-order valence-corrected chi connectivity index (χ2v) is 4.59. The van der Waals surface area contributed by atoms with Crippen LogP contribution in [0.1, 0.15) is 12.0 Å². The van der Waals surface area contributed by atoms with E-state index >= 15 is 0 Å². The van der Waals surface area contributed by atoms with Gasteiger partial charge in [0.1, 0.15) is 6.61 Å². The van der Waals surface area contributed by atoms with E-state index in [1.807, 2.05) is 30.3 Å². The molecular formula is C14H16F3NO4. The first-order valence-electron chi connectivity index (χ1n) is 6.52. The highest BCUT2D eigenvalue weighted by atomic mass is 19.4. The molecule has 0 saturated carbocycles. The number of carboxylic acids is 1. The normalized spacial score (nSPS) is 17.3. The molecule has 1 aliphatic rings. The zero-order valence-electron chi connectivity index (χ0n) is 11.6. The quantitative estimate of drug-likeness (QED) is 0.833. The minimum atomic E-state index is -5.08. The smallest absolute Gasteiger partial charge is 0.475 e. The zero-order valence-corrected chi connectivity index (χ0v) is 11.6. The highest BCUT2D eigenvalue weighted by molar-refractivity contribution is 5.73. The molecule has 1 aromatic carbocycles. The van der Waals surface area contributed by atoms with Crippen molar-refractivity contribution in [3.05, 3.63) is 35.9 Å². The number of alkyl halides is 3. The van der Waals surface area contributed by atoms with Crippen molar-refractivity contribution in [2.45, 2.75) is 19.2 Å². The number of hydrogen-bond acceptors (Lipinski definition) is 4. The number of rotatable bonds is 3. The third-order valence-electron chi connectivity index (χ3n) is 2.86. The molecule has 2 N–H and O–H groups in total. The van der Waals surface area contributed by atoms with Crippen molar-refractivity contribution in [2.24, 2.45) is 5.92 Å². The third kappa shape index (κ3) is 6.57. The minimum absolute atomic E-state index is 0.0497. The molecule has 1 fully saturated rings. The Morgan fingerprint density at radius 2 is 1.86 bits per heavy atom. The van der Waals surface area contributed by atoms with E-state index in [4.69, 9.17) is 14.6 Å². The van der Waals surface area contributed by atoms with Gasteiger partial charge in [-0.2, -0.15) is 13.2 Å². The van der Waals surface area contributed by atoms with Crippen LogP contribution in [-0.4, -0.2) is 36.3 Å². The first-order valence-corrected chi connectivity index (χ1v) is 6.52. The van der Waals surface area contributed by atoms with Gasteiger partial charge in [0.05, 0.1) is 5.92 Å². The molecule has 1 aliphatic heterocycles. The van der Waals surface area contributed by atoms with Crippen molar-refractivity contribution in [1.29, 1.82) is 0 Å². The predicted octanol–water partition coefficient (Wildman–Crippen LogP) is 1.97. The number of ether oxygens (including phenoxy) is 1.